The van der Waals surface area contributed by atoms with Crippen molar-refractivity contribution >= 4 is 5.78 Å². The van der Waals surface area contributed by atoms with E-state index in [4.69, 9.17) is 4.74 Å². The molecule has 0 saturated heterocycles. The zero-order valence-electron chi connectivity index (χ0n) is 9.41. The van der Waals surface area contributed by atoms with Gasteiger partial charge in [0.15, 0.2) is 5.78 Å². The van der Waals surface area contributed by atoms with Gasteiger partial charge in [-0.15, -0.1) is 0 Å². The molecule has 2 heteroatoms. The fourth-order valence-corrected chi connectivity index (χ4v) is 1.25. The quantitative estimate of drug-likeness (QED) is 0.556. The summed E-state index contributed by atoms with van der Waals surface area (Å²) in [7, 11) is 1.59. The molecule has 0 aliphatic heterocycles. The lowest BCUT2D eigenvalue weighted by molar-refractivity contribution is 0.0948. The summed E-state index contributed by atoms with van der Waals surface area (Å²) in [6, 6.07) is 7.19. The Kier molecular flexibility index (Phi) is 3.67. The van der Waals surface area contributed by atoms with Gasteiger partial charge in [-0.25, -0.2) is 0 Å². The number of ketones is 1. The SMILES string of the molecule is C=C(C)C(C)C(=O)c1cccc(OC)c1. The van der Waals surface area contributed by atoms with Crippen LogP contribution in [-0.4, -0.2) is 12.9 Å². The second kappa shape index (κ2) is 4.78. The summed E-state index contributed by atoms with van der Waals surface area (Å²) < 4.78 is 5.07. The maximum absolute atomic E-state index is 11.9. The maximum Gasteiger partial charge on any atom is 0.169 e. The number of carbonyl (C=O) groups is 1. The van der Waals surface area contributed by atoms with E-state index in [1.165, 1.54) is 0 Å². The van der Waals surface area contributed by atoms with E-state index < -0.39 is 0 Å². The highest BCUT2D eigenvalue weighted by Crippen LogP contribution is 2.18. The van der Waals surface area contributed by atoms with E-state index in [0.29, 0.717) is 11.3 Å². The van der Waals surface area contributed by atoms with Crippen molar-refractivity contribution in [3.05, 3.63) is 42.0 Å². The van der Waals surface area contributed by atoms with Crippen LogP contribution in [-0.2, 0) is 0 Å². The molecule has 0 saturated carbocycles. The number of hydrogen-bond acceptors (Lipinski definition) is 2. The highest BCUT2D eigenvalue weighted by Gasteiger charge is 2.15. The van der Waals surface area contributed by atoms with Gasteiger partial charge in [-0.2, -0.15) is 0 Å². The standard InChI is InChI=1S/C13H16O2/c1-9(2)10(3)13(14)11-6-5-7-12(8-11)15-4/h5-8,10H,1H2,2-4H3. The first kappa shape index (κ1) is 11.5. The van der Waals surface area contributed by atoms with Crippen LogP contribution >= 0.6 is 0 Å². The van der Waals surface area contributed by atoms with Crippen LogP contribution in [0, 0.1) is 5.92 Å². The molecule has 0 N–H and O–H groups in total. The lowest BCUT2D eigenvalue weighted by Gasteiger charge is -2.10. The van der Waals surface area contributed by atoms with E-state index in [2.05, 4.69) is 6.58 Å². The minimum Gasteiger partial charge on any atom is -0.497 e. The Bertz CT molecular complexity index is 380. The normalized spacial score (nSPS) is 11.9. The molecule has 0 heterocycles. The van der Waals surface area contributed by atoms with Gasteiger partial charge in [-0.05, 0) is 19.1 Å². The van der Waals surface area contributed by atoms with Gasteiger partial charge < -0.3 is 4.74 Å². The third-order valence-corrected chi connectivity index (χ3v) is 2.49. The molecule has 0 aliphatic rings. The van der Waals surface area contributed by atoms with Crippen LogP contribution < -0.4 is 4.74 Å². The number of rotatable bonds is 4. The molecule has 15 heavy (non-hydrogen) atoms. The van der Waals surface area contributed by atoms with Gasteiger partial charge in [0.2, 0.25) is 0 Å². The summed E-state index contributed by atoms with van der Waals surface area (Å²) in [5.74, 6) is 0.647. The molecule has 1 atom stereocenters. The molecule has 1 aromatic carbocycles. The summed E-state index contributed by atoms with van der Waals surface area (Å²) in [5.41, 5.74) is 1.55. The van der Waals surface area contributed by atoms with Crippen molar-refractivity contribution in [2.24, 2.45) is 5.92 Å². The fraction of sp³-hybridized carbons (Fsp3) is 0.308. The van der Waals surface area contributed by atoms with Crippen LogP contribution in [0.25, 0.3) is 0 Å². The van der Waals surface area contributed by atoms with Gasteiger partial charge in [0, 0.05) is 11.5 Å². The summed E-state index contributed by atoms with van der Waals surface area (Å²) in [4.78, 5) is 11.9. The molecular weight excluding hydrogens is 188 g/mol. The van der Waals surface area contributed by atoms with E-state index in [0.717, 1.165) is 5.57 Å². The average molecular weight is 204 g/mol. The Morgan fingerprint density at radius 3 is 2.67 bits per heavy atom. The Morgan fingerprint density at radius 2 is 2.13 bits per heavy atom. The number of benzene rings is 1. The Balaban J connectivity index is 2.96. The van der Waals surface area contributed by atoms with Gasteiger partial charge in [0.1, 0.15) is 5.75 Å². The third-order valence-electron chi connectivity index (χ3n) is 2.49. The van der Waals surface area contributed by atoms with E-state index in [1.807, 2.05) is 26.0 Å². The number of Topliss-reactive ketones (excluding diaryl/α,β-unsaturated/α-hetero) is 1. The first-order valence-electron chi connectivity index (χ1n) is 4.90. The lowest BCUT2D eigenvalue weighted by atomic mass is 9.94. The molecule has 0 fully saturated rings. The smallest absolute Gasteiger partial charge is 0.169 e. The molecule has 0 aliphatic carbocycles. The van der Waals surface area contributed by atoms with Crippen molar-refractivity contribution in [1.29, 1.82) is 0 Å². The second-order valence-electron chi connectivity index (χ2n) is 3.66. The lowest BCUT2D eigenvalue weighted by Crippen LogP contribution is -2.11. The minimum atomic E-state index is -0.142. The van der Waals surface area contributed by atoms with Crippen molar-refractivity contribution in [1.82, 2.24) is 0 Å². The van der Waals surface area contributed by atoms with E-state index in [-0.39, 0.29) is 11.7 Å². The Labute approximate surface area is 90.6 Å². The van der Waals surface area contributed by atoms with E-state index in [1.54, 1.807) is 19.2 Å². The van der Waals surface area contributed by atoms with Gasteiger partial charge in [0.05, 0.1) is 7.11 Å². The van der Waals surface area contributed by atoms with Gasteiger partial charge in [-0.3, -0.25) is 4.79 Å². The van der Waals surface area contributed by atoms with E-state index >= 15 is 0 Å². The van der Waals surface area contributed by atoms with Crippen molar-refractivity contribution < 1.29 is 9.53 Å². The molecule has 0 radical (unpaired) electrons. The molecule has 80 valence electrons. The zero-order valence-corrected chi connectivity index (χ0v) is 9.41. The molecule has 1 rings (SSSR count). The van der Waals surface area contributed by atoms with Crippen LogP contribution in [0.3, 0.4) is 0 Å². The number of allylic oxidation sites excluding steroid dienone is 1. The summed E-state index contributed by atoms with van der Waals surface area (Å²) in [6.07, 6.45) is 0. The fourth-order valence-electron chi connectivity index (χ4n) is 1.25. The molecule has 0 spiro atoms. The average Bonchev–Trinajstić information content (AvgIpc) is 2.27. The molecule has 0 aromatic heterocycles. The third kappa shape index (κ3) is 2.69. The predicted molar refractivity (Wildman–Crippen MR) is 61.3 cm³/mol. The molecular formula is C13H16O2. The van der Waals surface area contributed by atoms with Crippen LogP contribution in [0.2, 0.25) is 0 Å². The second-order valence-corrected chi connectivity index (χ2v) is 3.66. The van der Waals surface area contributed by atoms with Crippen molar-refractivity contribution in [2.75, 3.05) is 7.11 Å². The summed E-state index contributed by atoms with van der Waals surface area (Å²) >= 11 is 0. The molecule has 1 unspecified atom stereocenters. The van der Waals surface area contributed by atoms with Gasteiger partial charge >= 0.3 is 0 Å². The minimum absolute atomic E-state index is 0.0846. The summed E-state index contributed by atoms with van der Waals surface area (Å²) in [6.45, 7) is 7.52. The predicted octanol–water partition coefficient (Wildman–Crippen LogP) is 3.09. The number of hydrogen-bond donors (Lipinski definition) is 0. The van der Waals surface area contributed by atoms with Gasteiger partial charge in [0.25, 0.3) is 0 Å². The first-order valence-corrected chi connectivity index (χ1v) is 4.90. The zero-order chi connectivity index (χ0) is 11.4. The highest BCUT2D eigenvalue weighted by atomic mass is 16.5. The molecule has 0 amide bonds. The van der Waals surface area contributed by atoms with Crippen LogP contribution in [0.5, 0.6) is 5.75 Å². The highest BCUT2D eigenvalue weighted by molar-refractivity contribution is 5.99. The van der Waals surface area contributed by atoms with Crippen molar-refractivity contribution in [3.63, 3.8) is 0 Å². The van der Waals surface area contributed by atoms with Crippen LogP contribution in [0.4, 0.5) is 0 Å². The number of methoxy groups -OCH3 is 1. The molecule has 1 aromatic rings. The topological polar surface area (TPSA) is 26.3 Å². The first-order chi connectivity index (χ1) is 7.06. The van der Waals surface area contributed by atoms with Crippen LogP contribution in [0.15, 0.2) is 36.4 Å². The monoisotopic (exact) mass is 204 g/mol. The van der Waals surface area contributed by atoms with Crippen LogP contribution in [0.1, 0.15) is 24.2 Å². The molecule has 0 bridgehead atoms. The van der Waals surface area contributed by atoms with Gasteiger partial charge in [-0.1, -0.05) is 31.2 Å². The Hall–Kier alpha value is -1.57. The Morgan fingerprint density at radius 1 is 1.47 bits per heavy atom. The largest absolute Gasteiger partial charge is 0.497 e. The van der Waals surface area contributed by atoms with E-state index in [9.17, 15) is 4.79 Å². The maximum atomic E-state index is 11.9. The summed E-state index contributed by atoms with van der Waals surface area (Å²) in [5, 5.41) is 0. The van der Waals surface area contributed by atoms with Crippen molar-refractivity contribution in [2.45, 2.75) is 13.8 Å². The number of carbonyl (C=O) groups excluding carboxylic acids is 1. The van der Waals surface area contributed by atoms with Crippen molar-refractivity contribution in [3.8, 4) is 5.75 Å². The molecule has 2 nitrogen and oxygen atoms in total. The number of ether oxygens (including phenoxy) is 1.